The van der Waals surface area contributed by atoms with Crippen molar-refractivity contribution < 1.29 is 8.85 Å². The van der Waals surface area contributed by atoms with Crippen LogP contribution in [0.5, 0.6) is 0 Å². The molecule has 0 bridgehead atoms. The molecule has 2 atom stereocenters. The summed E-state index contributed by atoms with van der Waals surface area (Å²) in [6, 6.07) is 37.1. The zero-order valence-electron chi connectivity index (χ0n) is 33.5. The Bertz CT molecular complexity index is 1430. The largest absolute Gasteiger partial charge is 0.411 e. The lowest BCUT2D eigenvalue weighted by Gasteiger charge is -2.46. The molecule has 0 N–H and O–H groups in total. The first-order chi connectivity index (χ1) is 23.2. The lowest BCUT2D eigenvalue weighted by molar-refractivity contribution is 0.0634. The summed E-state index contributed by atoms with van der Waals surface area (Å²) in [5, 5.41) is 5.77. The summed E-state index contributed by atoms with van der Waals surface area (Å²) in [6.07, 6.45) is 1.75. The van der Waals surface area contributed by atoms with E-state index in [9.17, 15) is 0 Å². The Kier molecular flexibility index (Phi) is 13.4. The van der Waals surface area contributed by atoms with Gasteiger partial charge in [-0.2, -0.15) is 0 Å². The third-order valence-electron chi connectivity index (χ3n) is 11.0. The van der Waals surface area contributed by atoms with Crippen molar-refractivity contribution >= 4 is 53.7 Å². The molecule has 0 aliphatic rings. The molecule has 0 fully saturated rings. The van der Waals surface area contributed by atoms with Crippen molar-refractivity contribution in [3.8, 4) is 0 Å². The van der Waals surface area contributed by atoms with E-state index in [0.717, 1.165) is 12.3 Å². The number of hydrogen-bond donors (Lipinski definition) is 0. The Morgan fingerprint density at radius 3 is 0.800 bits per heavy atom. The molecule has 0 aliphatic carbocycles. The fourth-order valence-corrected chi connectivity index (χ4v) is 13.3. The molecule has 4 aromatic carbocycles. The third-order valence-corrected chi connectivity index (χ3v) is 25.2. The van der Waals surface area contributed by atoms with Gasteiger partial charge in [0.15, 0.2) is 16.6 Å². The van der Waals surface area contributed by atoms with E-state index in [-0.39, 0.29) is 22.3 Å². The molecule has 2 nitrogen and oxygen atoms in total. The van der Waals surface area contributed by atoms with E-state index < -0.39 is 32.5 Å². The van der Waals surface area contributed by atoms with Gasteiger partial charge in [-0.3, -0.25) is 0 Å². The molecule has 0 saturated heterocycles. The first kappa shape index (κ1) is 40.9. The van der Waals surface area contributed by atoms with Crippen LogP contribution in [0.4, 0.5) is 0 Å². The first-order valence-electron chi connectivity index (χ1n) is 18.3. The van der Waals surface area contributed by atoms with Gasteiger partial charge in [0.25, 0.3) is 0 Å². The minimum absolute atomic E-state index is 0.0559. The molecule has 0 heterocycles. The average Bonchev–Trinajstić information content (AvgIpc) is 3.02. The molecule has 0 aliphatic heterocycles. The van der Waals surface area contributed by atoms with Crippen molar-refractivity contribution in [1.82, 2.24) is 0 Å². The van der Waals surface area contributed by atoms with Crippen LogP contribution in [-0.2, 0) is 8.85 Å². The predicted molar refractivity (Wildman–Crippen MR) is 231 cm³/mol. The maximum Gasteiger partial charge on any atom is 0.192 e. The maximum atomic E-state index is 7.72. The second-order valence-corrected chi connectivity index (χ2v) is 31.4. The fourth-order valence-electron chi connectivity index (χ4n) is 5.55. The van der Waals surface area contributed by atoms with Crippen molar-refractivity contribution in [3.63, 3.8) is 0 Å². The minimum Gasteiger partial charge on any atom is -0.411 e. The summed E-state index contributed by atoms with van der Waals surface area (Å²) in [5.41, 5.74) is 5.18. The molecule has 0 saturated carbocycles. The van der Waals surface area contributed by atoms with Gasteiger partial charge >= 0.3 is 0 Å². The Morgan fingerprint density at radius 2 is 0.620 bits per heavy atom. The topological polar surface area (TPSA) is 18.5 Å². The first-order valence-corrected chi connectivity index (χ1v) is 27.2. The van der Waals surface area contributed by atoms with Crippen LogP contribution < -0.4 is 21.2 Å². The van der Waals surface area contributed by atoms with Gasteiger partial charge in [-0.05, 0) is 101 Å². The zero-order valence-corrected chi connectivity index (χ0v) is 37.3. The molecule has 0 amide bonds. The highest BCUT2D eigenvalue weighted by atomic mass is 31.1. The van der Waals surface area contributed by atoms with E-state index in [4.69, 9.17) is 8.85 Å². The highest BCUT2D eigenvalue weighted by Gasteiger charge is 2.46. The van der Waals surface area contributed by atoms with Gasteiger partial charge < -0.3 is 8.85 Å². The molecule has 6 heteroatoms. The quantitative estimate of drug-likeness (QED) is 0.100. The van der Waals surface area contributed by atoms with Gasteiger partial charge in [-0.25, -0.2) is 0 Å². The molecule has 4 rings (SSSR count). The summed E-state index contributed by atoms with van der Waals surface area (Å²) in [6.45, 7) is 32.6. The van der Waals surface area contributed by atoms with Crippen molar-refractivity contribution in [2.45, 2.75) is 118 Å². The van der Waals surface area contributed by atoms with E-state index in [1.54, 1.807) is 0 Å². The molecular weight excluding hydrogens is 679 g/mol. The SMILES string of the molecule is Cc1ccc(P(CC(O[Si](C)(C)C(C)(C)C)C(CP(c2ccc(C)cc2)c2ccc(C)cc2)O[Si](C)(C)C(C)(C)C)c2ccc(C)cc2)cc1. The van der Waals surface area contributed by atoms with Crippen LogP contribution >= 0.6 is 15.8 Å². The third kappa shape index (κ3) is 10.6. The Morgan fingerprint density at radius 1 is 0.420 bits per heavy atom. The van der Waals surface area contributed by atoms with Crippen LogP contribution in [0.25, 0.3) is 0 Å². The lowest BCUT2D eigenvalue weighted by Crippen LogP contribution is -2.54. The monoisotopic (exact) mass is 742 g/mol. The van der Waals surface area contributed by atoms with E-state index >= 15 is 0 Å². The van der Waals surface area contributed by atoms with Crippen molar-refractivity contribution in [2.24, 2.45) is 0 Å². The second kappa shape index (κ2) is 16.4. The van der Waals surface area contributed by atoms with Crippen LogP contribution in [0.2, 0.25) is 36.3 Å². The lowest BCUT2D eigenvalue weighted by atomic mass is 10.2. The van der Waals surface area contributed by atoms with Gasteiger partial charge in [-0.15, -0.1) is 0 Å². The van der Waals surface area contributed by atoms with Crippen LogP contribution in [-0.4, -0.2) is 41.2 Å². The number of hydrogen-bond acceptors (Lipinski definition) is 2. The van der Waals surface area contributed by atoms with Gasteiger partial charge in [0.1, 0.15) is 0 Å². The van der Waals surface area contributed by atoms with Gasteiger partial charge in [0, 0.05) is 12.3 Å². The molecule has 4 aromatic rings. The smallest absolute Gasteiger partial charge is 0.192 e. The molecule has 0 aromatic heterocycles. The maximum absolute atomic E-state index is 7.72. The Labute approximate surface area is 310 Å². The second-order valence-electron chi connectivity index (χ2n) is 17.4. The van der Waals surface area contributed by atoms with Gasteiger partial charge in [0.2, 0.25) is 0 Å². The minimum atomic E-state index is -2.21. The predicted octanol–water partition coefficient (Wildman–Crippen LogP) is 11.3. The summed E-state index contributed by atoms with van der Waals surface area (Å²) >= 11 is 0. The Hall–Kier alpha value is -1.91. The molecule has 270 valence electrons. The molecule has 2 unspecified atom stereocenters. The molecular formula is C44H64O2P2Si2. The van der Waals surface area contributed by atoms with Crippen LogP contribution in [0.15, 0.2) is 97.1 Å². The molecule has 50 heavy (non-hydrogen) atoms. The van der Waals surface area contributed by atoms with Crippen LogP contribution in [0.3, 0.4) is 0 Å². The summed E-state index contributed by atoms with van der Waals surface area (Å²) in [7, 11) is -5.84. The highest BCUT2D eigenvalue weighted by molar-refractivity contribution is 7.73. The van der Waals surface area contributed by atoms with Crippen molar-refractivity contribution in [2.75, 3.05) is 12.3 Å². The van der Waals surface area contributed by atoms with E-state index in [0.29, 0.717) is 0 Å². The molecule has 0 radical (unpaired) electrons. The van der Waals surface area contributed by atoms with Gasteiger partial charge in [0.05, 0.1) is 12.2 Å². The van der Waals surface area contributed by atoms with Crippen LogP contribution in [0, 0.1) is 27.7 Å². The summed E-state index contributed by atoms with van der Waals surface area (Å²) in [4.78, 5) is 0. The van der Waals surface area contributed by atoms with Crippen LogP contribution in [0.1, 0.15) is 63.8 Å². The van der Waals surface area contributed by atoms with Crippen molar-refractivity contribution in [3.05, 3.63) is 119 Å². The summed E-state index contributed by atoms with van der Waals surface area (Å²) < 4.78 is 15.4. The van der Waals surface area contributed by atoms with E-state index in [1.165, 1.54) is 43.5 Å². The Balaban J connectivity index is 1.93. The number of aryl methyl sites for hydroxylation is 4. The van der Waals surface area contributed by atoms with Crippen molar-refractivity contribution in [1.29, 1.82) is 0 Å². The van der Waals surface area contributed by atoms with Gasteiger partial charge in [-0.1, -0.05) is 161 Å². The number of rotatable bonds is 13. The standard InChI is InChI=1S/C44H64O2P2Si2/c1-33-15-23-37(24-16-33)47(38-25-17-34(2)18-26-38)31-41(45-49(11,12)43(5,6)7)42(46-50(13,14)44(8,9)10)32-48(39-27-19-35(3)20-28-39)40-29-21-36(4)22-30-40/h15-30,41-42H,31-32H2,1-14H3. The molecule has 0 spiro atoms. The highest BCUT2D eigenvalue weighted by Crippen LogP contribution is 2.46. The zero-order chi connectivity index (χ0) is 37.1. The van der Waals surface area contributed by atoms with E-state index in [2.05, 4.69) is 192 Å². The normalized spacial score (nSPS) is 14.3. The number of benzene rings is 4. The summed E-state index contributed by atoms with van der Waals surface area (Å²) in [5.74, 6) is 0. The average molecular weight is 743 g/mol. The van der Waals surface area contributed by atoms with E-state index in [1.807, 2.05) is 0 Å². The fraction of sp³-hybridized carbons (Fsp3) is 0.455.